The summed E-state index contributed by atoms with van der Waals surface area (Å²) in [5, 5.41) is 46.8. The Labute approximate surface area is 129 Å². The molecule has 5 N–H and O–H groups in total. The average molecular weight is 368 g/mol. The van der Waals surface area contributed by atoms with Crippen LogP contribution < -0.4 is 0 Å². The van der Waals surface area contributed by atoms with E-state index in [1.54, 1.807) is 0 Å². The molecule has 0 radical (unpaired) electrons. The normalized spacial score (nSPS) is 17.1. The van der Waals surface area contributed by atoms with E-state index in [1.807, 2.05) is 0 Å². The van der Waals surface area contributed by atoms with E-state index in [0.29, 0.717) is 4.67 Å². The van der Waals surface area contributed by atoms with Gasteiger partial charge in [0.2, 0.25) is 0 Å². The Morgan fingerprint density at radius 3 is 2.29 bits per heavy atom. The van der Waals surface area contributed by atoms with Gasteiger partial charge in [-0.15, -0.1) is 0 Å². The minimum Gasteiger partial charge on any atom is -0.444 e. The zero-order valence-corrected chi connectivity index (χ0v) is 12.8. The summed E-state index contributed by atoms with van der Waals surface area (Å²) in [5.74, 6) is -0.480. The maximum absolute atomic E-state index is 11.9. The van der Waals surface area contributed by atoms with Gasteiger partial charge in [-0.1, -0.05) is 0 Å². The standard InChI is InChI=1S/C12H18BrNO7/c1-14(12(20)8-2-3-9(13)21-8)4-6(16)10(18)11(19)7(17)5-15/h2-3,6-7,10-11,15-19H,4-5H2,1H3. The Bertz CT molecular complexity index is 466. The van der Waals surface area contributed by atoms with Crippen molar-refractivity contribution in [2.24, 2.45) is 0 Å². The molecule has 1 rings (SSSR count). The average Bonchev–Trinajstić information content (AvgIpc) is 2.90. The molecule has 0 aliphatic carbocycles. The lowest BCUT2D eigenvalue weighted by Crippen LogP contribution is -2.49. The van der Waals surface area contributed by atoms with Crippen LogP contribution in [0.4, 0.5) is 0 Å². The molecule has 0 saturated heterocycles. The van der Waals surface area contributed by atoms with E-state index < -0.39 is 36.9 Å². The molecule has 0 fully saturated rings. The molecule has 8 nitrogen and oxygen atoms in total. The minimum atomic E-state index is -1.73. The highest BCUT2D eigenvalue weighted by atomic mass is 79.9. The first-order valence-electron chi connectivity index (χ1n) is 6.11. The molecule has 0 aromatic carbocycles. The van der Waals surface area contributed by atoms with Gasteiger partial charge in [-0.05, 0) is 28.1 Å². The van der Waals surface area contributed by atoms with E-state index in [4.69, 9.17) is 9.52 Å². The zero-order chi connectivity index (χ0) is 16.2. The highest BCUT2D eigenvalue weighted by molar-refractivity contribution is 9.10. The Morgan fingerprint density at radius 1 is 1.24 bits per heavy atom. The minimum absolute atomic E-state index is 0.0435. The molecule has 1 aromatic heterocycles. The molecule has 4 atom stereocenters. The first kappa shape index (κ1) is 18.1. The number of aliphatic hydroxyl groups is 5. The lowest BCUT2D eigenvalue weighted by Gasteiger charge is -2.28. The van der Waals surface area contributed by atoms with Crippen LogP contribution in [0, 0.1) is 0 Å². The molecule has 1 aromatic rings. The van der Waals surface area contributed by atoms with Crippen molar-refractivity contribution >= 4 is 21.8 Å². The van der Waals surface area contributed by atoms with Crippen LogP contribution in [0.1, 0.15) is 10.6 Å². The van der Waals surface area contributed by atoms with Gasteiger partial charge in [0.05, 0.1) is 6.61 Å². The lowest BCUT2D eigenvalue weighted by atomic mass is 10.0. The van der Waals surface area contributed by atoms with Crippen LogP contribution in [0.2, 0.25) is 0 Å². The van der Waals surface area contributed by atoms with E-state index in [1.165, 1.54) is 19.2 Å². The number of amides is 1. The SMILES string of the molecule is CN(CC(O)C(O)C(O)C(O)CO)C(=O)c1ccc(Br)o1. The largest absolute Gasteiger partial charge is 0.444 e. The number of halogens is 1. The van der Waals surface area contributed by atoms with Gasteiger partial charge in [-0.3, -0.25) is 4.79 Å². The predicted octanol–water partition coefficient (Wildman–Crippen LogP) is -1.45. The summed E-state index contributed by atoms with van der Waals surface area (Å²) in [4.78, 5) is 13.0. The van der Waals surface area contributed by atoms with E-state index in [-0.39, 0.29) is 12.3 Å². The van der Waals surface area contributed by atoms with Crippen molar-refractivity contribution in [3.63, 3.8) is 0 Å². The van der Waals surface area contributed by atoms with Gasteiger partial charge < -0.3 is 34.8 Å². The Balaban J connectivity index is 2.61. The van der Waals surface area contributed by atoms with Crippen molar-refractivity contribution in [3.05, 3.63) is 22.6 Å². The van der Waals surface area contributed by atoms with Gasteiger partial charge in [0.25, 0.3) is 5.91 Å². The fraction of sp³-hybridized carbons (Fsp3) is 0.583. The molecule has 4 unspecified atom stereocenters. The number of furan rings is 1. The number of hydrogen-bond acceptors (Lipinski definition) is 7. The van der Waals surface area contributed by atoms with Gasteiger partial charge in [-0.2, -0.15) is 0 Å². The number of likely N-dealkylation sites (N-methyl/N-ethyl adjacent to an activating group) is 1. The highest BCUT2D eigenvalue weighted by Crippen LogP contribution is 2.16. The third kappa shape index (κ3) is 4.77. The van der Waals surface area contributed by atoms with Crippen LogP contribution in [0.5, 0.6) is 0 Å². The van der Waals surface area contributed by atoms with E-state index in [0.717, 1.165) is 4.90 Å². The fourth-order valence-corrected chi connectivity index (χ4v) is 1.96. The number of nitrogens with zero attached hydrogens (tertiary/aromatic N) is 1. The molecule has 9 heteroatoms. The number of hydrogen-bond donors (Lipinski definition) is 5. The Morgan fingerprint density at radius 2 is 1.81 bits per heavy atom. The molecule has 0 aliphatic rings. The third-order valence-corrected chi connectivity index (χ3v) is 3.34. The molecule has 0 aliphatic heterocycles. The summed E-state index contributed by atoms with van der Waals surface area (Å²) in [7, 11) is 1.38. The lowest BCUT2D eigenvalue weighted by molar-refractivity contribution is -0.117. The molecule has 0 saturated carbocycles. The molecule has 21 heavy (non-hydrogen) atoms. The summed E-state index contributed by atoms with van der Waals surface area (Å²) in [6.45, 7) is -1.06. The zero-order valence-electron chi connectivity index (χ0n) is 11.3. The maximum atomic E-state index is 11.9. The number of aliphatic hydroxyl groups excluding tert-OH is 5. The van der Waals surface area contributed by atoms with E-state index >= 15 is 0 Å². The molecule has 0 spiro atoms. The van der Waals surface area contributed by atoms with Crippen molar-refractivity contribution in [1.82, 2.24) is 4.90 Å². The van der Waals surface area contributed by atoms with Crippen LogP contribution in [-0.2, 0) is 0 Å². The van der Waals surface area contributed by atoms with Gasteiger partial charge in [-0.25, -0.2) is 0 Å². The highest BCUT2D eigenvalue weighted by Gasteiger charge is 2.31. The molecule has 0 bridgehead atoms. The summed E-state index contributed by atoms with van der Waals surface area (Å²) >= 11 is 3.06. The van der Waals surface area contributed by atoms with Gasteiger partial charge in [0.15, 0.2) is 10.4 Å². The van der Waals surface area contributed by atoms with E-state index in [2.05, 4.69) is 15.9 Å². The maximum Gasteiger partial charge on any atom is 0.289 e. The smallest absolute Gasteiger partial charge is 0.289 e. The Kier molecular flexibility index (Phi) is 6.78. The topological polar surface area (TPSA) is 135 Å². The van der Waals surface area contributed by atoms with E-state index in [9.17, 15) is 25.2 Å². The molecular weight excluding hydrogens is 350 g/mol. The van der Waals surface area contributed by atoms with Crippen LogP contribution in [0.15, 0.2) is 21.2 Å². The molecule has 1 amide bonds. The second kappa shape index (κ2) is 7.87. The van der Waals surface area contributed by atoms with Gasteiger partial charge >= 0.3 is 0 Å². The Hall–Kier alpha value is -0.970. The summed E-state index contributed by atoms with van der Waals surface area (Å²) in [6, 6.07) is 2.98. The van der Waals surface area contributed by atoms with Crippen LogP contribution in [0.3, 0.4) is 0 Å². The van der Waals surface area contributed by atoms with Crippen molar-refractivity contribution in [2.75, 3.05) is 20.2 Å². The number of carbonyl (C=O) groups excluding carboxylic acids is 1. The first-order chi connectivity index (χ1) is 9.77. The summed E-state index contributed by atoms with van der Waals surface area (Å²) < 4.78 is 5.45. The second-order valence-corrected chi connectivity index (χ2v) is 5.37. The van der Waals surface area contributed by atoms with Crippen LogP contribution in [-0.4, -0.2) is 81.0 Å². The molecule has 120 valence electrons. The quantitative estimate of drug-likeness (QED) is 0.397. The second-order valence-electron chi connectivity index (χ2n) is 4.59. The number of rotatable bonds is 7. The molecule has 1 heterocycles. The summed E-state index contributed by atoms with van der Waals surface area (Å²) in [5.41, 5.74) is 0. The predicted molar refractivity (Wildman–Crippen MR) is 74.5 cm³/mol. The first-order valence-corrected chi connectivity index (χ1v) is 6.91. The van der Waals surface area contributed by atoms with Crippen molar-refractivity contribution in [3.8, 4) is 0 Å². The van der Waals surface area contributed by atoms with Crippen molar-refractivity contribution in [2.45, 2.75) is 24.4 Å². The molecular formula is C12H18BrNO7. The van der Waals surface area contributed by atoms with Gasteiger partial charge in [0, 0.05) is 13.6 Å². The van der Waals surface area contributed by atoms with Crippen LogP contribution >= 0.6 is 15.9 Å². The number of carbonyl (C=O) groups is 1. The van der Waals surface area contributed by atoms with Crippen molar-refractivity contribution < 1.29 is 34.7 Å². The summed E-state index contributed by atoms with van der Waals surface area (Å²) in [6.07, 6.45) is -6.54. The van der Waals surface area contributed by atoms with Crippen LogP contribution in [0.25, 0.3) is 0 Å². The third-order valence-electron chi connectivity index (χ3n) is 2.92. The fourth-order valence-electron chi connectivity index (χ4n) is 1.65. The van der Waals surface area contributed by atoms with Crippen molar-refractivity contribution in [1.29, 1.82) is 0 Å². The monoisotopic (exact) mass is 367 g/mol. The van der Waals surface area contributed by atoms with Gasteiger partial charge in [0.1, 0.15) is 24.4 Å².